The molecule has 0 aliphatic carbocycles. The van der Waals surface area contributed by atoms with Crippen molar-refractivity contribution in [3.63, 3.8) is 0 Å². The number of rotatable bonds is 4. The van der Waals surface area contributed by atoms with Crippen LogP contribution in [0.1, 0.15) is 44.9 Å². The number of hydrogen-bond donors (Lipinski definition) is 1. The Morgan fingerprint density at radius 2 is 1.59 bits per heavy atom. The van der Waals surface area contributed by atoms with Crippen LogP contribution < -0.4 is 15.1 Å². The van der Waals surface area contributed by atoms with E-state index >= 15 is 0 Å². The molecule has 0 amide bonds. The fraction of sp³-hybridized carbons (Fsp3) is 0.545. The van der Waals surface area contributed by atoms with Gasteiger partial charge in [-0.2, -0.15) is 0 Å². The fourth-order valence-corrected chi connectivity index (χ4v) is 4.07. The first-order valence-corrected chi connectivity index (χ1v) is 10.4. The molecule has 144 valence electrons. The highest BCUT2D eigenvalue weighted by atomic mass is 15.2. The van der Waals surface area contributed by atoms with Crippen LogP contribution in [0.3, 0.4) is 0 Å². The quantitative estimate of drug-likeness (QED) is 0.847. The molecule has 5 heteroatoms. The smallest absolute Gasteiger partial charge is 0.136 e. The number of benzene rings is 1. The van der Waals surface area contributed by atoms with E-state index in [0.717, 1.165) is 55.2 Å². The molecule has 0 spiro atoms. The van der Waals surface area contributed by atoms with E-state index in [1.54, 1.807) is 0 Å². The molecule has 0 bridgehead atoms. The van der Waals surface area contributed by atoms with Crippen LogP contribution in [0.2, 0.25) is 0 Å². The van der Waals surface area contributed by atoms with Crippen molar-refractivity contribution in [1.29, 1.82) is 0 Å². The number of nitrogens with zero attached hydrogens (tertiary/aromatic N) is 4. The van der Waals surface area contributed by atoms with Gasteiger partial charge in [0.05, 0.1) is 0 Å². The highest BCUT2D eigenvalue weighted by molar-refractivity contribution is 5.63. The standard InChI is InChI=1S/C22H31N5/c1-17-10-14-26(15-11-17)20-8-6-19(7-9-20)25-21-16-22(24-18(2)23-21)27-12-4-3-5-13-27/h6-9,16-17H,3-5,10-15H2,1-2H3,(H,23,24,25). The second-order valence-electron chi connectivity index (χ2n) is 8.05. The van der Waals surface area contributed by atoms with Crippen molar-refractivity contribution in [2.45, 2.75) is 46.0 Å². The van der Waals surface area contributed by atoms with Gasteiger partial charge in [-0.25, -0.2) is 9.97 Å². The topological polar surface area (TPSA) is 44.3 Å². The summed E-state index contributed by atoms with van der Waals surface area (Å²) < 4.78 is 0. The molecule has 2 fully saturated rings. The summed E-state index contributed by atoms with van der Waals surface area (Å²) in [6, 6.07) is 10.8. The summed E-state index contributed by atoms with van der Waals surface area (Å²) in [4.78, 5) is 14.1. The van der Waals surface area contributed by atoms with Gasteiger partial charge in [-0.3, -0.25) is 0 Å². The molecular formula is C22H31N5. The highest BCUT2D eigenvalue weighted by Crippen LogP contribution is 2.26. The molecule has 0 atom stereocenters. The van der Waals surface area contributed by atoms with Crippen LogP contribution >= 0.6 is 0 Å². The first kappa shape index (κ1) is 18.1. The zero-order valence-corrected chi connectivity index (χ0v) is 16.6. The third-order valence-electron chi connectivity index (χ3n) is 5.79. The van der Waals surface area contributed by atoms with Crippen LogP contribution in [0.4, 0.5) is 23.0 Å². The molecule has 3 heterocycles. The summed E-state index contributed by atoms with van der Waals surface area (Å²) in [6.45, 7) is 8.85. The Balaban J connectivity index is 1.45. The van der Waals surface area contributed by atoms with E-state index in [-0.39, 0.29) is 0 Å². The van der Waals surface area contributed by atoms with Crippen molar-refractivity contribution in [2.75, 3.05) is 41.3 Å². The van der Waals surface area contributed by atoms with Crippen LogP contribution in [0.25, 0.3) is 0 Å². The summed E-state index contributed by atoms with van der Waals surface area (Å²) >= 11 is 0. The second-order valence-corrected chi connectivity index (χ2v) is 8.05. The van der Waals surface area contributed by atoms with Crippen LogP contribution in [-0.2, 0) is 0 Å². The van der Waals surface area contributed by atoms with Gasteiger partial charge < -0.3 is 15.1 Å². The van der Waals surface area contributed by atoms with E-state index in [2.05, 4.69) is 62.3 Å². The summed E-state index contributed by atoms with van der Waals surface area (Å²) in [6.07, 6.45) is 6.41. The minimum Gasteiger partial charge on any atom is -0.372 e. The first-order valence-electron chi connectivity index (χ1n) is 10.4. The average Bonchev–Trinajstić information content (AvgIpc) is 2.69. The molecule has 1 aromatic carbocycles. The Kier molecular flexibility index (Phi) is 5.46. The lowest BCUT2D eigenvalue weighted by Crippen LogP contribution is -2.32. The number of piperidine rings is 2. The predicted octanol–water partition coefficient (Wildman–Crippen LogP) is 4.76. The van der Waals surface area contributed by atoms with Gasteiger partial charge in [-0.15, -0.1) is 0 Å². The highest BCUT2D eigenvalue weighted by Gasteiger charge is 2.16. The zero-order valence-electron chi connectivity index (χ0n) is 16.6. The Bertz CT molecular complexity index is 744. The van der Waals surface area contributed by atoms with Gasteiger partial charge in [0.15, 0.2) is 0 Å². The number of anilines is 4. The van der Waals surface area contributed by atoms with E-state index in [1.807, 2.05) is 6.92 Å². The predicted molar refractivity (Wildman–Crippen MR) is 113 cm³/mol. The van der Waals surface area contributed by atoms with E-state index < -0.39 is 0 Å². The van der Waals surface area contributed by atoms with Gasteiger partial charge in [0, 0.05) is 43.6 Å². The number of aryl methyl sites for hydroxylation is 1. The molecule has 1 aromatic heterocycles. The van der Waals surface area contributed by atoms with Gasteiger partial charge in [-0.05, 0) is 69.2 Å². The van der Waals surface area contributed by atoms with E-state index in [9.17, 15) is 0 Å². The van der Waals surface area contributed by atoms with Crippen molar-refractivity contribution in [3.8, 4) is 0 Å². The van der Waals surface area contributed by atoms with Gasteiger partial charge >= 0.3 is 0 Å². The Labute approximate surface area is 162 Å². The van der Waals surface area contributed by atoms with Crippen molar-refractivity contribution in [2.24, 2.45) is 5.92 Å². The van der Waals surface area contributed by atoms with Crippen molar-refractivity contribution in [1.82, 2.24) is 9.97 Å². The third kappa shape index (κ3) is 4.52. The second kappa shape index (κ2) is 8.15. The minimum absolute atomic E-state index is 0.819. The maximum absolute atomic E-state index is 4.65. The Morgan fingerprint density at radius 3 is 2.30 bits per heavy atom. The van der Waals surface area contributed by atoms with Crippen molar-refractivity contribution >= 4 is 23.0 Å². The first-order chi connectivity index (χ1) is 13.2. The van der Waals surface area contributed by atoms with Gasteiger partial charge in [0.25, 0.3) is 0 Å². The molecule has 0 saturated carbocycles. The SMILES string of the molecule is Cc1nc(Nc2ccc(N3CCC(C)CC3)cc2)cc(N2CCCCC2)n1. The van der Waals surface area contributed by atoms with Gasteiger partial charge in [-0.1, -0.05) is 6.92 Å². The molecule has 5 nitrogen and oxygen atoms in total. The van der Waals surface area contributed by atoms with Crippen molar-refractivity contribution < 1.29 is 0 Å². The van der Waals surface area contributed by atoms with Crippen molar-refractivity contribution in [3.05, 3.63) is 36.2 Å². The lowest BCUT2D eigenvalue weighted by atomic mass is 9.99. The lowest BCUT2D eigenvalue weighted by Gasteiger charge is -2.32. The van der Waals surface area contributed by atoms with Crippen LogP contribution in [-0.4, -0.2) is 36.1 Å². The maximum atomic E-state index is 4.65. The van der Waals surface area contributed by atoms with Crippen LogP contribution in [0.15, 0.2) is 30.3 Å². The molecule has 27 heavy (non-hydrogen) atoms. The number of aromatic nitrogens is 2. The Hall–Kier alpha value is -2.30. The normalized spacial score (nSPS) is 18.6. The van der Waals surface area contributed by atoms with E-state index in [0.29, 0.717) is 0 Å². The molecule has 1 N–H and O–H groups in total. The largest absolute Gasteiger partial charge is 0.372 e. The summed E-state index contributed by atoms with van der Waals surface area (Å²) in [7, 11) is 0. The summed E-state index contributed by atoms with van der Waals surface area (Å²) in [5, 5.41) is 3.47. The molecule has 2 saturated heterocycles. The van der Waals surface area contributed by atoms with Gasteiger partial charge in [0.2, 0.25) is 0 Å². The van der Waals surface area contributed by atoms with E-state index in [4.69, 9.17) is 0 Å². The molecular weight excluding hydrogens is 334 g/mol. The molecule has 2 aromatic rings. The minimum atomic E-state index is 0.819. The Morgan fingerprint density at radius 1 is 0.889 bits per heavy atom. The van der Waals surface area contributed by atoms with Crippen LogP contribution in [0.5, 0.6) is 0 Å². The molecule has 4 rings (SSSR count). The molecule has 2 aliphatic rings. The number of nitrogens with one attached hydrogen (secondary N) is 1. The summed E-state index contributed by atoms with van der Waals surface area (Å²) in [5.41, 5.74) is 2.40. The van der Waals surface area contributed by atoms with Gasteiger partial charge in [0.1, 0.15) is 17.5 Å². The average molecular weight is 366 g/mol. The zero-order chi connectivity index (χ0) is 18.6. The molecule has 2 aliphatic heterocycles. The maximum Gasteiger partial charge on any atom is 0.136 e. The molecule has 0 unspecified atom stereocenters. The number of hydrogen-bond acceptors (Lipinski definition) is 5. The summed E-state index contributed by atoms with van der Waals surface area (Å²) in [5.74, 6) is 3.60. The molecule has 0 radical (unpaired) electrons. The third-order valence-corrected chi connectivity index (χ3v) is 5.79. The fourth-order valence-electron chi connectivity index (χ4n) is 4.07. The lowest BCUT2D eigenvalue weighted by molar-refractivity contribution is 0.438. The van der Waals surface area contributed by atoms with Crippen LogP contribution in [0, 0.1) is 12.8 Å². The monoisotopic (exact) mass is 365 g/mol. The van der Waals surface area contributed by atoms with E-state index in [1.165, 1.54) is 37.8 Å².